The predicted octanol–water partition coefficient (Wildman–Crippen LogP) is 1.27. The first-order valence-electron chi connectivity index (χ1n) is 5.05. The number of phenolic OH excluding ortho intramolecular Hbond substituents is 1. The number of ether oxygens (including phenoxy) is 1. The molecule has 0 heterocycles. The highest BCUT2D eigenvalue weighted by molar-refractivity contribution is 5.69. The van der Waals surface area contributed by atoms with Crippen molar-refractivity contribution in [3.63, 3.8) is 0 Å². The zero-order valence-corrected chi connectivity index (χ0v) is 9.79. The van der Waals surface area contributed by atoms with E-state index in [0.717, 1.165) is 0 Å². The maximum atomic E-state index is 10.4. The Morgan fingerprint density at radius 2 is 2.18 bits per heavy atom. The normalized spacial score (nSPS) is 10.8. The second-order valence-corrected chi connectivity index (χ2v) is 3.34. The van der Waals surface area contributed by atoms with Gasteiger partial charge in [-0.1, -0.05) is 6.07 Å². The molecule has 5 heteroatoms. The van der Waals surface area contributed by atoms with Gasteiger partial charge in [0.2, 0.25) is 0 Å². The van der Waals surface area contributed by atoms with Crippen molar-refractivity contribution >= 4 is 12.3 Å². The van der Waals surface area contributed by atoms with Gasteiger partial charge in [0.1, 0.15) is 17.8 Å². The first-order chi connectivity index (χ1) is 7.95. The number of aldehydes is 1. The summed E-state index contributed by atoms with van der Waals surface area (Å²) in [5.41, 5.74) is 0. The molecule has 0 fully saturated rings. The smallest absolute Gasteiger partial charge is 0.308 e. The van der Waals surface area contributed by atoms with Crippen LogP contribution < -0.4 is 4.74 Å². The molecule has 0 aliphatic heterocycles. The third kappa shape index (κ3) is 9.07. The van der Waals surface area contributed by atoms with Crippen LogP contribution in [0, 0.1) is 0 Å². The van der Waals surface area contributed by atoms with Crippen molar-refractivity contribution < 1.29 is 24.5 Å². The minimum absolute atomic E-state index is 0.0868. The second-order valence-electron chi connectivity index (χ2n) is 3.34. The molecule has 1 rings (SSSR count). The van der Waals surface area contributed by atoms with Gasteiger partial charge in [-0.25, -0.2) is 0 Å². The molecule has 0 amide bonds. The standard InChI is InChI=1S/C8H8O3.C4H8O2/c1-6(9)11-8-4-2-3-7(10)5-8;1-4(6)2-3-5/h2-5,10H,1H3;3-4,6H,2H2,1H3. The van der Waals surface area contributed by atoms with Gasteiger partial charge in [-0.3, -0.25) is 4.79 Å². The molecule has 0 saturated heterocycles. The van der Waals surface area contributed by atoms with Gasteiger partial charge in [0, 0.05) is 19.4 Å². The van der Waals surface area contributed by atoms with Gasteiger partial charge in [0.15, 0.2) is 0 Å². The van der Waals surface area contributed by atoms with Gasteiger partial charge < -0.3 is 19.7 Å². The van der Waals surface area contributed by atoms with Crippen molar-refractivity contribution in [3.05, 3.63) is 24.3 Å². The van der Waals surface area contributed by atoms with Crippen LogP contribution in [0.2, 0.25) is 0 Å². The summed E-state index contributed by atoms with van der Waals surface area (Å²) in [4.78, 5) is 19.9. The number of aliphatic hydroxyl groups excluding tert-OH is 1. The van der Waals surface area contributed by atoms with E-state index in [1.54, 1.807) is 19.1 Å². The van der Waals surface area contributed by atoms with Gasteiger partial charge in [-0.2, -0.15) is 0 Å². The highest BCUT2D eigenvalue weighted by atomic mass is 16.5. The molecule has 2 N–H and O–H groups in total. The zero-order valence-electron chi connectivity index (χ0n) is 9.79. The molecule has 1 aromatic rings. The SMILES string of the molecule is CC(=O)Oc1cccc(O)c1.CC(O)CC=O. The molecule has 0 aliphatic carbocycles. The average molecular weight is 240 g/mol. The Morgan fingerprint density at radius 3 is 2.53 bits per heavy atom. The summed E-state index contributed by atoms with van der Waals surface area (Å²) in [6.07, 6.45) is 0.479. The van der Waals surface area contributed by atoms with Gasteiger partial charge in [-0.05, 0) is 19.1 Å². The molecule has 0 saturated carbocycles. The highest BCUT2D eigenvalue weighted by Crippen LogP contribution is 2.17. The summed E-state index contributed by atoms with van der Waals surface area (Å²) < 4.78 is 4.70. The lowest BCUT2D eigenvalue weighted by atomic mass is 10.3. The maximum absolute atomic E-state index is 10.4. The number of rotatable bonds is 3. The van der Waals surface area contributed by atoms with E-state index in [4.69, 9.17) is 14.9 Å². The first-order valence-corrected chi connectivity index (χ1v) is 5.05. The van der Waals surface area contributed by atoms with Crippen molar-refractivity contribution in [2.45, 2.75) is 26.4 Å². The van der Waals surface area contributed by atoms with Gasteiger partial charge in [-0.15, -0.1) is 0 Å². The van der Waals surface area contributed by atoms with E-state index in [1.807, 2.05) is 0 Å². The Bertz CT molecular complexity index is 360. The lowest BCUT2D eigenvalue weighted by Crippen LogP contribution is -2.00. The van der Waals surface area contributed by atoms with Crippen LogP contribution in [0.15, 0.2) is 24.3 Å². The Labute approximate surface area is 99.7 Å². The number of carbonyl (C=O) groups excluding carboxylic acids is 2. The quantitative estimate of drug-likeness (QED) is 0.472. The molecule has 1 atom stereocenters. The van der Waals surface area contributed by atoms with Crippen LogP contribution in [-0.2, 0) is 9.59 Å². The molecule has 0 radical (unpaired) electrons. The number of hydrogen-bond donors (Lipinski definition) is 2. The van der Waals surface area contributed by atoms with Crippen molar-refractivity contribution in [2.75, 3.05) is 0 Å². The number of benzene rings is 1. The average Bonchev–Trinajstić information content (AvgIpc) is 2.16. The Morgan fingerprint density at radius 1 is 1.53 bits per heavy atom. The van der Waals surface area contributed by atoms with Gasteiger partial charge in [0.25, 0.3) is 0 Å². The number of carbonyl (C=O) groups is 2. The summed E-state index contributed by atoms with van der Waals surface area (Å²) in [6.45, 7) is 2.89. The van der Waals surface area contributed by atoms with Gasteiger partial charge in [0.05, 0.1) is 6.10 Å². The molecule has 0 aliphatic rings. The largest absolute Gasteiger partial charge is 0.508 e. The van der Waals surface area contributed by atoms with Crippen LogP contribution in [0.1, 0.15) is 20.3 Å². The molecule has 0 spiro atoms. The second kappa shape index (κ2) is 8.29. The Hall–Kier alpha value is -1.88. The van der Waals surface area contributed by atoms with Crippen molar-refractivity contribution in [3.8, 4) is 11.5 Å². The molecule has 0 bridgehead atoms. The van der Waals surface area contributed by atoms with Crippen LogP contribution in [0.25, 0.3) is 0 Å². The highest BCUT2D eigenvalue weighted by Gasteiger charge is 1.97. The summed E-state index contributed by atoms with van der Waals surface area (Å²) in [5, 5.41) is 17.3. The first kappa shape index (κ1) is 15.1. The summed E-state index contributed by atoms with van der Waals surface area (Å²) in [7, 11) is 0. The number of esters is 1. The van der Waals surface area contributed by atoms with E-state index in [-0.39, 0.29) is 12.2 Å². The molecular weight excluding hydrogens is 224 g/mol. The van der Waals surface area contributed by atoms with E-state index in [0.29, 0.717) is 12.0 Å². The van der Waals surface area contributed by atoms with Crippen molar-refractivity contribution in [1.29, 1.82) is 0 Å². The number of aromatic hydroxyl groups is 1. The molecule has 17 heavy (non-hydrogen) atoms. The fraction of sp³-hybridized carbons (Fsp3) is 0.333. The number of aliphatic hydroxyl groups is 1. The van der Waals surface area contributed by atoms with Crippen molar-refractivity contribution in [2.24, 2.45) is 0 Å². The zero-order chi connectivity index (χ0) is 13.3. The molecule has 0 aromatic heterocycles. The molecule has 5 nitrogen and oxygen atoms in total. The minimum atomic E-state index is -0.470. The van der Waals surface area contributed by atoms with Crippen LogP contribution in [0.3, 0.4) is 0 Å². The lowest BCUT2D eigenvalue weighted by Gasteiger charge is -1.99. The topological polar surface area (TPSA) is 83.8 Å². The Kier molecular flexibility index (Phi) is 7.38. The molecular formula is C12H16O5. The van der Waals surface area contributed by atoms with E-state index in [2.05, 4.69) is 0 Å². The van der Waals surface area contributed by atoms with Crippen LogP contribution in [-0.4, -0.2) is 28.6 Å². The maximum Gasteiger partial charge on any atom is 0.308 e. The predicted molar refractivity (Wildman–Crippen MR) is 61.8 cm³/mol. The third-order valence-electron chi connectivity index (χ3n) is 1.52. The summed E-state index contributed by atoms with van der Waals surface area (Å²) in [6, 6.07) is 6.09. The van der Waals surface area contributed by atoms with Crippen molar-refractivity contribution in [1.82, 2.24) is 0 Å². The lowest BCUT2D eigenvalue weighted by molar-refractivity contribution is -0.131. The fourth-order valence-corrected chi connectivity index (χ4v) is 0.852. The minimum Gasteiger partial charge on any atom is -0.508 e. The number of phenols is 1. The van der Waals surface area contributed by atoms with Gasteiger partial charge >= 0.3 is 5.97 Å². The van der Waals surface area contributed by atoms with Crippen LogP contribution in [0.4, 0.5) is 0 Å². The summed E-state index contributed by atoms with van der Waals surface area (Å²) in [5.74, 6) is 0.0526. The van der Waals surface area contributed by atoms with Crippen LogP contribution >= 0.6 is 0 Å². The molecule has 1 aromatic carbocycles. The molecule has 1 unspecified atom stereocenters. The third-order valence-corrected chi connectivity index (χ3v) is 1.52. The summed E-state index contributed by atoms with van der Waals surface area (Å²) >= 11 is 0. The molecule has 94 valence electrons. The Balaban J connectivity index is 0.000000366. The van der Waals surface area contributed by atoms with E-state index in [9.17, 15) is 9.59 Å². The van der Waals surface area contributed by atoms with E-state index >= 15 is 0 Å². The van der Waals surface area contributed by atoms with E-state index in [1.165, 1.54) is 19.1 Å². The van der Waals surface area contributed by atoms with Crippen LogP contribution in [0.5, 0.6) is 11.5 Å². The van der Waals surface area contributed by atoms with E-state index < -0.39 is 12.1 Å². The fourth-order valence-electron chi connectivity index (χ4n) is 0.852. The monoisotopic (exact) mass is 240 g/mol. The number of hydrogen-bond acceptors (Lipinski definition) is 5.